The average molecular weight is 483 g/mol. The van der Waals surface area contributed by atoms with E-state index in [9.17, 15) is 9.59 Å². The molecule has 0 aliphatic carbocycles. The number of aryl methyl sites for hydroxylation is 2. The van der Waals surface area contributed by atoms with Gasteiger partial charge in [-0.2, -0.15) is 5.10 Å². The van der Waals surface area contributed by atoms with Crippen LogP contribution in [0.3, 0.4) is 0 Å². The van der Waals surface area contributed by atoms with Crippen LogP contribution in [0.5, 0.6) is 0 Å². The van der Waals surface area contributed by atoms with Crippen molar-refractivity contribution < 1.29 is 18.4 Å². The van der Waals surface area contributed by atoms with Crippen molar-refractivity contribution in [2.75, 3.05) is 11.9 Å². The lowest BCUT2D eigenvalue weighted by Crippen LogP contribution is -2.48. The lowest BCUT2D eigenvalue weighted by molar-refractivity contribution is -0.141. The molecule has 0 N–H and O–H groups in total. The summed E-state index contributed by atoms with van der Waals surface area (Å²) in [4.78, 5) is 30.8. The van der Waals surface area contributed by atoms with Crippen LogP contribution in [0.4, 0.5) is 5.69 Å². The minimum absolute atomic E-state index is 0.201. The van der Waals surface area contributed by atoms with Crippen LogP contribution in [0, 0.1) is 12.8 Å². The van der Waals surface area contributed by atoms with Crippen molar-refractivity contribution in [2.45, 2.75) is 26.4 Å². The molecule has 0 radical (unpaired) electrons. The maximum Gasteiger partial charge on any atom is 0.240 e. The maximum atomic E-state index is 13.8. The molecule has 2 amide bonds. The lowest BCUT2D eigenvalue weighted by Gasteiger charge is -2.34. The fraction of sp³-hybridized carbons (Fsp3) is 0.250. The summed E-state index contributed by atoms with van der Waals surface area (Å²) in [5.41, 5.74) is 6.00. The van der Waals surface area contributed by atoms with Gasteiger partial charge in [-0.1, -0.05) is 12.1 Å². The quantitative estimate of drug-likeness (QED) is 0.342. The first-order valence-electron chi connectivity index (χ1n) is 11.9. The van der Waals surface area contributed by atoms with E-state index in [4.69, 9.17) is 8.83 Å². The summed E-state index contributed by atoms with van der Waals surface area (Å²) in [5.74, 6) is -1.22. The Bertz CT molecular complexity index is 1630. The normalized spacial score (nSPS) is 15.6. The van der Waals surface area contributed by atoms with Gasteiger partial charge in [0.1, 0.15) is 17.1 Å². The minimum atomic E-state index is -0.812. The fourth-order valence-corrected chi connectivity index (χ4v) is 5.23. The summed E-state index contributed by atoms with van der Waals surface area (Å²) in [6.45, 7) is 2.65. The highest BCUT2D eigenvalue weighted by Crippen LogP contribution is 2.35. The van der Waals surface area contributed by atoms with Crippen LogP contribution in [-0.4, -0.2) is 33.5 Å². The van der Waals surface area contributed by atoms with Gasteiger partial charge in [0.25, 0.3) is 0 Å². The van der Waals surface area contributed by atoms with Gasteiger partial charge in [-0.05, 0) is 54.4 Å². The number of benzene rings is 2. The second-order valence-electron chi connectivity index (χ2n) is 9.47. The number of hydrogen-bond acceptors (Lipinski definition) is 5. The zero-order valence-electron chi connectivity index (χ0n) is 20.4. The van der Waals surface area contributed by atoms with Gasteiger partial charge in [0.05, 0.1) is 36.1 Å². The van der Waals surface area contributed by atoms with E-state index in [1.54, 1.807) is 34.1 Å². The average Bonchev–Trinajstić information content (AvgIpc) is 3.58. The highest BCUT2D eigenvalue weighted by atomic mass is 16.3. The highest BCUT2D eigenvalue weighted by molar-refractivity contribution is 6.10. The number of furan rings is 2. The molecule has 1 atom stereocenters. The predicted octanol–water partition coefficient (Wildman–Crippen LogP) is 4.59. The Morgan fingerprint density at radius 3 is 2.36 bits per heavy atom. The van der Waals surface area contributed by atoms with Crippen molar-refractivity contribution >= 4 is 39.4 Å². The molecule has 8 nitrogen and oxygen atoms in total. The SMILES string of the molecule is Cc1nn(C)c2c1N(Cc1ccc3occc3c1)C(=O)C(C(=O)N(C)Cc1ccc3occc3c1)C2. The molecule has 0 saturated carbocycles. The first-order chi connectivity index (χ1) is 17.4. The second kappa shape index (κ2) is 8.41. The number of carbonyl (C=O) groups excluding carboxylic acids is 2. The van der Waals surface area contributed by atoms with E-state index in [2.05, 4.69) is 5.10 Å². The standard InChI is InChI=1S/C28H26N4O4/c1-17-26-23(31(3)29-17)14-22(27(33)30(2)15-18-4-6-24-20(12-18)8-10-35-24)28(34)32(26)16-19-5-7-25-21(13-19)9-11-36-25/h4-13,22H,14-16H2,1-3H3. The number of rotatable bonds is 5. The molecule has 0 saturated heterocycles. The summed E-state index contributed by atoms with van der Waals surface area (Å²) in [6.07, 6.45) is 3.63. The molecule has 1 aliphatic heterocycles. The molecule has 4 heterocycles. The molecule has 8 heteroatoms. The van der Waals surface area contributed by atoms with Crippen LogP contribution in [0.1, 0.15) is 22.5 Å². The molecular formula is C28H26N4O4. The van der Waals surface area contributed by atoms with Crippen molar-refractivity contribution in [3.05, 3.63) is 83.6 Å². The minimum Gasteiger partial charge on any atom is -0.464 e. The number of nitrogens with zero attached hydrogens (tertiary/aromatic N) is 4. The molecule has 5 aromatic rings. The fourth-order valence-electron chi connectivity index (χ4n) is 5.23. The first kappa shape index (κ1) is 22.2. The molecule has 1 unspecified atom stereocenters. The summed E-state index contributed by atoms with van der Waals surface area (Å²) in [7, 11) is 3.61. The molecule has 1 aliphatic rings. The van der Waals surface area contributed by atoms with Gasteiger partial charge in [0.2, 0.25) is 11.8 Å². The van der Waals surface area contributed by atoms with Gasteiger partial charge < -0.3 is 18.6 Å². The Kier molecular flexibility index (Phi) is 5.17. The maximum absolute atomic E-state index is 13.8. The van der Waals surface area contributed by atoms with Gasteiger partial charge in [-0.15, -0.1) is 0 Å². The van der Waals surface area contributed by atoms with Gasteiger partial charge in [-0.3, -0.25) is 14.3 Å². The molecule has 0 bridgehead atoms. The van der Waals surface area contributed by atoms with Crippen LogP contribution in [0.2, 0.25) is 0 Å². The van der Waals surface area contributed by atoms with Crippen molar-refractivity contribution in [1.29, 1.82) is 0 Å². The topological polar surface area (TPSA) is 84.7 Å². The molecular weight excluding hydrogens is 456 g/mol. The van der Waals surface area contributed by atoms with Gasteiger partial charge in [-0.25, -0.2) is 0 Å². The van der Waals surface area contributed by atoms with E-state index in [-0.39, 0.29) is 11.8 Å². The molecule has 36 heavy (non-hydrogen) atoms. The number of carbonyl (C=O) groups is 2. The first-order valence-corrected chi connectivity index (χ1v) is 11.9. The van der Waals surface area contributed by atoms with Crippen molar-refractivity contribution in [3.8, 4) is 0 Å². The molecule has 2 aromatic carbocycles. The van der Waals surface area contributed by atoms with Gasteiger partial charge >= 0.3 is 0 Å². The predicted molar refractivity (Wildman–Crippen MR) is 135 cm³/mol. The van der Waals surface area contributed by atoms with Crippen molar-refractivity contribution in [1.82, 2.24) is 14.7 Å². The van der Waals surface area contributed by atoms with Crippen LogP contribution in [-0.2, 0) is 36.1 Å². The van der Waals surface area contributed by atoms with Crippen molar-refractivity contribution in [2.24, 2.45) is 13.0 Å². The van der Waals surface area contributed by atoms with E-state index in [0.29, 0.717) is 19.5 Å². The van der Waals surface area contributed by atoms with Crippen LogP contribution < -0.4 is 4.90 Å². The zero-order chi connectivity index (χ0) is 25.0. The van der Waals surface area contributed by atoms with Gasteiger partial charge in [0.15, 0.2) is 0 Å². The smallest absolute Gasteiger partial charge is 0.240 e. The summed E-state index contributed by atoms with van der Waals surface area (Å²) in [5, 5.41) is 6.52. The second-order valence-corrected chi connectivity index (χ2v) is 9.47. The third-order valence-corrected chi connectivity index (χ3v) is 7.01. The van der Waals surface area contributed by atoms with Crippen LogP contribution in [0.15, 0.2) is 69.9 Å². The third kappa shape index (κ3) is 3.66. The summed E-state index contributed by atoms with van der Waals surface area (Å²) in [6, 6.07) is 15.5. The highest BCUT2D eigenvalue weighted by Gasteiger charge is 2.41. The van der Waals surface area contributed by atoms with E-state index in [1.807, 2.05) is 62.5 Å². The zero-order valence-corrected chi connectivity index (χ0v) is 20.4. The molecule has 0 fully saturated rings. The largest absolute Gasteiger partial charge is 0.464 e. The van der Waals surface area contributed by atoms with Crippen LogP contribution in [0.25, 0.3) is 21.9 Å². The monoisotopic (exact) mass is 482 g/mol. The molecule has 3 aromatic heterocycles. The van der Waals surface area contributed by atoms with Crippen molar-refractivity contribution in [3.63, 3.8) is 0 Å². The summed E-state index contributed by atoms with van der Waals surface area (Å²) < 4.78 is 12.7. The number of anilines is 1. The van der Waals surface area contributed by atoms with Gasteiger partial charge in [0, 0.05) is 37.8 Å². The Hall–Kier alpha value is -4.33. The Labute approximate surface area is 207 Å². The Balaban J connectivity index is 1.29. The number of fused-ring (bicyclic) bond motifs is 3. The van der Waals surface area contributed by atoms with E-state index < -0.39 is 5.92 Å². The summed E-state index contributed by atoms with van der Waals surface area (Å²) >= 11 is 0. The van der Waals surface area contributed by atoms with E-state index in [0.717, 1.165) is 50.1 Å². The molecule has 0 spiro atoms. The van der Waals surface area contributed by atoms with E-state index >= 15 is 0 Å². The number of aromatic nitrogens is 2. The number of hydrogen-bond donors (Lipinski definition) is 0. The Morgan fingerprint density at radius 2 is 1.67 bits per heavy atom. The van der Waals surface area contributed by atoms with Crippen LogP contribution >= 0.6 is 0 Å². The molecule has 6 rings (SSSR count). The third-order valence-electron chi connectivity index (χ3n) is 7.01. The molecule has 182 valence electrons. The van der Waals surface area contributed by atoms with E-state index in [1.165, 1.54) is 0 Å². The Morgan fingerprint density at radius 1 is 1.03 bits per heavy atom. The number of amides is 2. The lowest BCUT2D eigenvalue weighted by atomic mass is 9.93.